The Labute approximate surface area is 251 Å². The van der Waals surface area contributed by atoms with E-state index in [1.54, 1.807) is 0 Å². The minimum Gasteiger partial charge on any atom is -0.396 e. The van der Waals surface area contributed by atoms with E-state index in [1.165, 1.54) is 96.3 Å². The van der Waals surface area contributed by atoms with Crippen molar-refractivity contribution in [3.05, 3.63) is 35.9 Å². The molecule has 6 heteroatoms. The summed E-state index contributed by atoms with van der Waals surface area (Å²) in [4.78, 5) is 0. The van der Waals surface area contributed by atoms with Gasteiger partial charge in [-0.05, 0) is 38.8 Å². The first kappa shape index (κ1) is 34.5. The van der Waals surface area contributed by atoms with E-state index in [-0.39, 0.29) is 31.0 Å². The molecule has 2 aliphatic rings. The molecule has 0 aliphatic carbocycles. The van der Waals surface area contributed by atoms with E-state index in [1.807, 2.05) is 32.0 Å². The van der Waals surface area contributed by atoms with Crippen LogP contribution in [0, 0.1) is 0 Å². The SMILES string of the molecule is CCCCCCCCCCCCCCCCCCNC(CCO)C1OC2OC(C)(C)OC2[C@H]1OCc1ccccc1. The fourth-order valence-corrected chi connectivity index (χ4v) is 6.27. The highest BCUT2D eigenvalue weighted by Crippen LogP contribution is 2.40. The Kier molecular flexibility index (Phi) is 16.8. The fourth-order valence-electron chi connectivity index (χ4n) is 6.27. The summed E-state index contributed by atoms with van der Waals surface area (Å²) in [6.07, 6.45) is 21.3. The second-order valence-electron chi connectivity index (χ2n) is 12.7. The zero-order valence-corrected chi connectivity index (χ0v) is 26.5. The standard InChI is InChI=1S/C35H61NO5/c1-4-5-6-7-8-9-10-11-12-13-14-15-16-17-18-22-26-36-30(25-27-37)31-32(38-28-29-23-20-19-21-24-29)33-34(39-31)41-35(2,3)40-33/h19-21,23-24,30-34,36-37H,4-18,22,25-28H2,1-3H3/t30?,31?,32-,33?,34?/m0/s1. The molecule has 3 rings (SSSR count). The lowest BCUT2D eigenvalue weighted by molar-refractivity contribution is -0.222. The van der Waals surface area contributed by atoms with Crippen molar-refractivity contribution >= 4 is 0 Å². The minimum atomic E-state index is -0.692. The first-order valence-electron chi connectivity index (χ1n) is 17.0. The van der Waals surface area contributed by atoms with Crippen LogP contribution in [-0.2, 0) is 25.6 Å². The van der Waals surface area contributed by atoms with E-state index >= 15 is 0 Å². The van der Waals surface area contributed by atoms with E-state index in [9.17, 15) is 5.11 Å². The number of hydrogen-bond acceptors (Lipinski definition) is 6. The molecule has 0 amide bonds. The number of nitrogens with one attached hydrogen (secondary N) is 1. The summed E-state index contributed by atoms with van der Waals surface area (Å²) in [6, 6.07) is 10.2. The summed E-state index contributed by atoms with van der Waals surface area (Å²) >= 11 is 0. The van der Waals surface area contributed by atoms with E-state index in [0.717, 1.165) is 18.5 Å². The Bertz CT molecular complexity index is 775. The Morgan fingerprint density at radius 2 is 1.37 bits per heavy atom. The number of fused-ring (bicyclic) bond motifs is 1. The average Bonchev–Trinajstić information content (AvgIpc) is 3.44. The lowest BCUT2D eigenvalue weighted by Gasteiger charge is -2.31. The first-order valence-corrected chi connectivity index (χ1v) is 17.0. The van der Waals surface area contributed by atoms with E-state index < -0.39 is 12.1 Å². The molecule has 0 bridgehead atoms. The predicted molar refractivity (Wildman–Crippen MR) is 167 cm³/mol. The molecule has 4 unspecified atom stereocenters. The third-order valence-corrected chi connectivity index (χ3v) is 8.59. The molecule has 0 saturated carbocycles. The van der Waals surface area contributed by atoms with Gasteiger partial charge in [-0.15, -0.1) is 0 Å². The number of aliphatic hydroxyl groups excluding tert-OH is 1. The third kappa shape index (κ3) is 13.0. The summed E-state index contributed by atoms with van der Waals surface area (Å²) in [7, 11) is 0. The van der Waals surface area contributed by atoms with Gasteiger partial charge in [0.2, 0.25) is 0 Å². The molecule has 6 nitrogen and oxygen atoms in total. The second kappa shape index (κ2) is 20.0. The normalized spacial score (nSPS) is 24.1. The highest BCUT2D eigenvalue weighted by atomic mass is 16.8. The topological polar surface area (TPSA) is 69.2 Å². The number of ether oxygens (including phenoxy) is 4. The molecule has 5 atom stereocenters. The highest BCUT2D eigenvalue weighted by Gasteiger charge is 2.56. The van der Waals surface area contributed by atoms with Gasteiger partial charge in [0, 0.05) is 12.6 Å². The maximum Gasteiger partial charge on any atom is 0.190 e. The summed E-state index contributed by atoms with van der Waals surface area (Å²) in [5, 5.41) is 13.5. The lowest BCUT2D eigenvalue weighted by atomic mass is 10.00. The van der Waals surface area contributed by atoms with Crippen molar-refractivity contribution in [1.82, 2.24) is 5.32 Å². The molecular weight excluding hydrogens is 514 g/mol. The maximum absolute atomic E-state index is 9.82. The molecule has 1 aromatic rings. The Morgan fingerprint density at radius 1 is 0.805 bits per heavy atom. The fraction of sp³-hybridized carbons (Fsp3) is 0.829. The third-order valence-electron chi connectivity index (χ3n) is 8.59. The molecule has 0 radical (unpaired) electrons. The summed E-state index contributed by atoms with van der Waals surface area (Å²) in [5.41, 5.74) is 1.12. The molecule has 2 saturated heterocycles. The first-order chi connectivity index (χ1) is 20.0. The Balaban J connectivity index is 1.28. The summed E-state index contributed by atoms with van der Waals surface area (Å²) in [5.74, 6) is -0.692. The quantitative estimate of drug-likeness (QED) is 0.122. The van der Waals surface area contributed by atoms with Gasteiger partial charge in [0.15, 0.2) is 12.1 Å². The Hall–Kier alpha value is -1.02. The van der Waals surface area contributed by atoms with Crippen LogP contribution in [0.5, 0.6) is 0 Å². The van der Waals surface area contributed by atoms with Crippen LogP contribution in [0.2, 0.25) is 0 Å². The maximum atomic E-state index is 9.82. The molecule has 1 aromatic carbocycles. The number of aliphatic hydroxyl groups is 1. The molecule has 2 N–H and O–H groups in total. The molecule has 2 fully saturated rings. The number of hydrogen-bond donors (Lipinski definition) is 2. The van der Waals surface area contributed by atoms with Crippen LogP contribution in [0.3, 0.4) is 0 Å². The van der Waals surface area contributed by atoms with Gasteiger partial charge in [-0.2, -0.15) is 0 Å². The van der Waals surface area contributed by atoms with E-state index in [4.69, 9.17) is 18.9 Å². The van der Waals surface area contributed by atoms with Crippen molar-refractivity contribution in [3.63, 3.8) is 0 Å². The van der Waals surface area contributed by atoms with Crippen molar-refractivity contribution in [2.24, 2.45) is 0 Å². The zero-order valence-electron chi connectivity index (χ0n) is 26.5. The second-order valence-corrected chi connectivity index (χ2v) is 12.7. The molecule has 0 aromatic heterocycles. The smallest absolute Gasteiger partial charge is 0.190 e. The van der Waals surface area contributed by atoms with Gasteiger partial charge in [-0.3, -0.25) is 0 Å². The minimum absolute atomic E-state index is 0.0157. The average molecular weight is 576 g/mol. The van der Waals surface area contributed by atoms with Crippen molar-refractivity contribution in [1.29, 1.82) is 0 Å². The molecule has 41 heavy (non-hydrogen) atoms. The van der Waals surface area contributed by atoms with Crippen LogP contribution in [0.1, 0.15) is 135 Å². The zero-order chi connectivity index (χ0) is 29.2. The van der Waals surface area contributed by atoms with Gasteiger partial charge < -0.3 is 29.4 Å². The molecule has 2 heterocycles. The van der Waals surface area contributed by atoms with Gasteiger partial charge in [0.25, 0.3) is 0 Å². The van der Waals surface area contributed by atoms with E-state index in [2.05, 4.69) is 24.4 Å². The highest BCUT2D eigenvalue weighted by molar-refractivity contribution is 5.13. The van der Waals surface area contributed by atoms with Gasteiger partial charge in [0.1, 0.15) is 18.3 Å². The monoisotopic (exact) mass is 575 g/mol. The van der Waals surface area contributed by atoms with Gasteiger partial charge in [-0.1, -0.05) is 134 Å². The summed E-state index contributed by atoms with van der Waals surface area (Å²) < 4.78 is 25.0. The number of rotatable bonds is 24. The van der Waals surface area contributed by atoms with Crippen molar-refractivity contribution in [2.45, 2.75) is 173 Å². The van der Waals surface area contributed by atoms with Crippen molar-refractivity contribution in [3.8, 4) is 0 Å². The lowest BCUT2D eigenvalue weighted by Crippen LogP contribution is -2.49. The van der Waals surface area contributed by atoms with Crippen LogP contribution in [0.25, 0.3) is 0 Å². The van der Waals surface area contributed by atoms with Crippen LogP contribution >= 0.6 is 0 Å². The number of unbranched alkanes of at least 4 members (excludes halogenated alkanes) is 15. The van der Waals surface area contributed by atoms with Crippen LogP contribution in [0.4, 0.5) is 0 Å². The van der Waals surface area contributed by atoms with Gasteiger partial charge in [0.05, 0.1) is 6.61 Å². The number of benzene rings is 1. The van der Waals surface area contributed by atoms with Crippen LogP contribution in [0.15, 0.2) is 30.3 Å². The van der Waals surface area contributed by atoms with Crippen molar-refractivity contribution in [2.75, 3.05) is 13.2 Å². The Morgan fingerprint density at radius 3 is 1.93 bits per heavy atom. The van der Waals surface area contributed by atoms with Crippen LogP contribution < -0.4 is 5.32 Å². The van der Waals surface area contributed by atoms with Crippen molar-refractivity contribution < 1.29 is 24.1 Å². The van der Waals surface area contributed by atoms with Crippen LogP contribution in [-0.4, -0.2) is 54.7 Å². The summed E-state index contributed by atoms with van der Waals surface area (Å²) in [6.45, 7) is 7.62. The van der Waals surface area contributed by atoms with Gasteiger partial charge >= 0.3 is 0 Å². The molecule has 236 valence electrons. The van der Waals surface area contributed by atoms with Gasteiger partial charge in [-0.25, -0.2) is 0 Å². The molecule has 2 aliphatic heterocycles. The predicted octanol–water partition coefficient (Wildman–Crippen LogP) is 8.05. The molecular formula is C35H61NO5. The largest absolute Gasteiger partial charge is 0.396 e. The van der Waals surface area contributed by atoms with E-state index in [0.29, 0.717) is 13.0 Å². The molecule has 0 spiro atoms.